The van der Waals surface area contributed by atoms with Gasteiger partial charge in [0.05, 0.1) is 18.8 Å². The van der Waals surface area contributed by atoms with Crippen molar-refractivity contribution in [3.05, 3.63) is 16.4 Å². The van der Waals surface area contributed by atoms with Crippen molar-refractivity contribution in [2.24, 2.45) is 5.41 Å². The number of aromatic nitrogens is 2. The van der Waals surface area contributed by atoms with E-state index in [1.807, 2.05) is 6.92 Å². The summed E-state index contributed by atoms with van der Waals surface area (Å²) < 4.78 is 31.8. The fourth-order valence-electron chi connectivity index (χ4n) is 2.65. The van der Waals surface area contributed by atoms with Crippen LogP contribution in [0.25, 0.3) is 0 Å². The Morgan fingerprint density at radius 1 is 1.41 bits per heavy atom. The van der Waals surface area contributed by atoms with Gasteiger partial charge in [-0.15, -0.1) is 5.10 Å². The van der Waals surface area contributed by atoms with Crippen molar-refractivity contribution in [2.45, 2.75) is 46.1 Å². The molecule has 0 atom stereocenters. The zero-order valence-corrected chi connectivity index (χ0v) is 13.6. The van der Waals surface area contributed by atoms with Crippen molar-refractivity contribution in [2.75, 3.05) is 12.3 Å². The van der Waals surface area contributed by atoms with Crippen molar-refractivity contribution < 1.29 is 17.6 Å². The van der Waals surface area contributed by atoms with Crippen LogP contribution in [0, 0.1) is 12.3 Å². The average Bonchev–Trinajstić information content (AvgIpc) is 3.01. The first-order valence-corrected chi connectivity index (χ1v) is 8.92. The average molecular weight is 331 g/mol. The number of carbonyl (C=O) groups excluding carboxylic acids is 1. The third-order valence-corrected chi connectivity index (χ3v) is 5.42. The summed E-state index contributed by atoms with van der Waals surface area (Å²) in [6.07, 6.45) is 3.62. The number of hydrogen-bond acceptors (Lipinski definition) is 6. The largest absolute Gasteiger partial charge is 0.437 e. The number of carbonyl (C=O) groups is 1. The van der Waals surface area contributed by atoms with Crippen LogP contribution < -0.4 is 10.5 Å². The van der Waals surface area contributed by atoms with Crippen LogP contribution >= 0.6 is 0 Å². The standard InChI is InChI=1S/C13H21N3O5S/c1-10-15-16(12(18)21-10)7-8-22(19,20)14-9-11(17)13(2)5-3-4-6-13/h14H,3-9H2,1-2H3. The summed E-state index contributed by atoms with van der Waals surface area (Å²) in [5.74, 6) is -0.923. The van der Waals surface area contributed by atoms with Gasteiger partial charge in [-0.2, -0.15) is 4.68 Å². The minimum Gasteiger partial charge on any atom is -0.393 e. The maximum atomic E-state index is 12.1. The molecule has 0 unspecified atom stereocenters. The fraction of sp³-hybridized carbons (Fsp3) is 0.769. The molecule has 0 spiro atoms. The van der Waals surface area contributed by atoms with E-state index in [1.165, 1.54) is 6.92 Å². The van der Waals surface area contributed by atoms with Crippen LogP contribution in [-0.4, -0.2) is 36.3 Å². The molecule has 2 rings (SSSR count). The van der Waals surface area contributed by atoms with E-state index in [2.05, 4.69) is 14.2 Å². The first kappa shape index (κ1) is 16.9. The molecule has 1 aliphatic carbocycles. The molecule has 8 nitrogen and oxygen atoms in total. The predicted molar refractivity (Wildman–Crippen MR) is 78.9 cm³/mol. The Bertz CT molecular complexity index is 698. The van der Waals surface area contributed by atoms with Crippen molar-refractivity contribution in [3.8, 4) is 0 Å². The van der Waals surface area contributed by atoms with Crippen LogP contribution in [0.5, 0.6) is 0 Å². The Hall–Kier alpha value is -1.48. The molecule has 124 valence electrons. The maximum Gasteiger partial charge on any atom is 0.437 e. The normalized spacial score (nSPS) is 17.7. The lowest BCUT2D eigenvalue weighted by Gasteiger charge is -2.21. The van der Waals surface area contributed by atoms with Gasteiger partial charge in [-0.1, -0.05) is 19.8 Å². The molecule has 0 saturated heterocycles. The highest BCUT2D eigenvalue weighted by molar-refractivity contribution is 7.89. The molecule has 0 radical (unpaired) electrons. The zero-order chi connectivity index (χ0) is 16.4. The van der Waals surface area contributed by atoms with E-state index >= 15 is 0 Å². The minimum atomic E-state index is -3.65. The Balaban J connectivity index is 1.87. The smallest absolute Gasteiger partial charge is 0.393 e. The molecule has 1 heterocycles. The Morgan fingerprint density at radius 2 is 2.05 bits per heavy atom. The van der Waals surface area contributed by atoms with E-state index in [-0.39, 0.29) is 30.5 Å². The van der Waals surface area contributed by atoms with Crippen molar-refractivity contribution >= 4 is 15.8 Å². The monoisotopic (exact) mass is 331 g/mol. The van der Waals surface area contributed by atoms with Gasteiger partial charge < -0.3 is 4.42 Å². The molecule has 22 heavy (non-hydrogen) atoms. The number of Topliss-reactive ketones (excluding diaryl/α,β-unsaturated/α-hetero) is 1. The van der Waals surface area contributed by atoms with Crippen molar-refractivity contribution in [1.29, 1.82) is 0 Å². The number of sulfonamides is 1. The summed E-state index contributed by atoms with van der Waals surface area (Å²) in [5.41, 5.74) is -0.414. The third kappa shape index (κ3) is 4.04. The zero-order valence-electron chi connectivity index (χ0n) is 12.8. The Morgan fingerprint density at radius 3 is 2.59 bits per heavy atom. The number of nitrogens with zero attached hydrogens (tertiary/aromatic N) is 2. The lowest BCUT2D eigenvalue weighted by Crippen LogP contribution is -2.39. The van der Waals surface area contributed by atoms with Gasteiger partial charge in [-0.25, -0.2) is 17.9 Å². The summed E-state index contributed by atoms with van der Waals surface area (Å²) in [4.78, 5) is 23.4. The van der Waals surface area contributed by atoms with Gasteiger partial charge in [0.2, 0.25) is 15.9 Å². The Labute approximate surface area is 128 Å². The Kier molecular flexibility index (Phi) is 4.86. The van der Waals surface area contributed by atoms with E-state index in [9.17, 15) is 18.0 Å². The van der Waals surface area contributed by atoms with Gasteiger partial charge >= 0.3 is 5.76 Å². The van der Waals surface area contributed by atoms with Gasteiger partial charge in [0.15, 0.2) is 5.78 Å². The second-order valence-corrected chi connectivity index (χ2v) is 7.87. The van der Waals surface area contributed by atoms with Crippen LogP contribution in [0.2, 0.25) is 0 Å². The van der Waals surface area contributed by atoms with E-state index in [1.54, 1.807) is 0 Å². The molecule has 1 aromatic heterocycles. The number of nitrogens with one attached hydrogen (secondary N) is 1. The molecule has 1 N–H and O–H groups in total. The molecule has 0 bridgehead atoms. The molecular formula is C13H21N3O5S. The van der Waals surface area contributed by atoms with Crippen LogP contribution in [0.15, 0.2) is 9.21 Å². The van der Waals surface area contributed by atoms with Crippen LogP contribution in [0.4, 0.5) is 0 Å². The molecule has 9 heteroatoms. The molecular weight excluding hydrogens is 310 g/mol. The molecule has 0 aliphatic heterocycles. The van der Waals surface area contributed by atoms with E-state index in [0.29, 0.717) is 0 Å². The molecule has 1 fully saturated rings. The van der Waals surface area contributed by atoms with Crippen LogP contribution in [0.1, 0.15) is 38.5 Å². The topological polar surface area (TPSA) is 111 Å². The van der Waals surface area contributed by atoms with Gasteiger partial charge in [0.1, 0.15) is 0 Å². The predicted octanol–water partition coefficient (Wildman–Crippen LogP) is 0.214. The van der Waals surface area contributed by atoms with E-state index in [4.69, 9.17) is 0 Å². The SMILES string of the molecule is Cc1nn(CCS(=O)(=O)NCC(=O)C2(C)CCCC2)c(=O)o1. The van der Waals surface area contributed by atoms with Gasteiger partial charge in [-0.05, 0) is 12.8 Å². The summed E-state index contributed by atoms with van der Waals surface area (Å²) in [6, 6.07) is 0. The minimum absolute atomic E-state index is 0.0805. The van der Waals surface area contributed by atoms with Crippen LogP contribution in [0.3, 0.4) is 0 Å². The van der Waals surface area contributed by atoms with Crippen molar-refractivity contribution in [1.82, 2.24) is 14.5 Å². The molecule has 1 saturated carbocycles. The summed E-state index contributed by atoms with van der Waals surface area (Å²) in [7, 11) is -3.65. The third-order valence-electron chi connectivity index (χ3n) is 4.11. The first-order chi connectivity index (χ1) is 10.2. The first-order valence-electron chi connectivity index (χ1n) is 7.27. The molecule has 0 amide bonds. The second-order valence-electron chi connectivity index (χ2n) is 5.94. The number of ketones is 1. The maximum absolute atomic E-state index is 12.1. The summed E-state index contributed by atoms with van der Waals surface area (Å²) in [6.45, 7) is 3.07. The van der Waals surface area contributed by atoms with Gasteiger partial charge in [0, 0.05) is 12.3 Å². The lowest BCUT2D eigenvalue weighted by atomic mass is 9.84. The number of rotatable bonds is 7. The number of aryl methyl sites for hydroxylation is 2. The fourth-order valence-corrected chi connectivity index (χ4v) is 3.56. The lowest BCUT2D eigenvalue weighted by molar-refractivity contribution is -0.126. The number of hydrogen-bond donors (Lipinski definition) is 1. The molecule has 0 aromatic carbocycles. The highest BCUT2D eigenvalue weighted by atomic mass is 32.2. The highest BCUT2D eigenvalue weighted by Crippen LogP contribution is 2.38. The summed E-state index contributed by atoms with van der Waals surface area (Å²) in [5, 5.41) is 3.76. The second kappa shape index (κ2) is 6.33. The molecule has 1 aliphatic rings. The summed E-state index contributed by atoms with van der Waals surface area (Å²) >= 11 is 0. The van der Waals surface area contributed by atoms with E-state index < -0.39 is 21.2 Å². The van der Waals surface area contributed by atoms with Crippen molar-refractivity contribution in [3.63, 3.8) is 0 Å². The van der Waals surface area contributed by atoms with Gasteiger partial charge in [0.25, 0.3) is 0 Å². The quantitative estimate of drug-likeness (QED) is 0.765. The molecule has 1 aromatic rings. The van der Waals surface area contributed by atoms with E-state index in [0.717, 1.165) is 30.4 Å². The highest BCUT2D eigenvalue weighted by Gasteiger charge is 2.35. The van der Waals surface area contributed by atoms with Crippen LogP contribution in [-0.2, 0) is 21.4 Å². The van der Waals surface area contributed by atoms with Gasteiger partial charge in [-0.3, -0.25) is 4.79 Å².